The van der Waals surface area contributed by atoms with Crippen molar-refractivity contribution in [3.8, 4) is 0 Å². The van der Waals surface area contributed by atoms with Crippen LogP contribution in [0.5, 0.6) is 0 Å². The molecular formula is C10H16O4. The monoisotopic (exact) mass is 200 g/mol. The van der Waals surface area contributed by atoms with Crippen LogP contribution in [0.25, 0.3) is 0 Å². The lowest BCUT2D eigenvalue weighted by Gasteiger charge is -2.28. The zero-order chi connectivity index (χ0) is 9.97. The maximum absolute atomic E-state index is 11.5. The highest BCUT2D eigenvalue weighted by atomic mass is 16.6. The molecule has 0 N–H and O–H groups in total. The molecule has 0 bridgehead atoms. The van der Waals surface area contributed by atoms with Gasteiger partial charge in [-0.3, -0.25) is 4.79 Å². The quantitative estimate of drug-likeness (QED) is 0.617. The Morgan fingerprint density at radius 1 is 1.36 bits per heavy atom. The lowest BCUT2D eigenvalue weighted by molar-refractivity contribution is -0.166. The van der Waals surface area contributed by atoms with Crippen molar-refractivity contribution in [1.82, 2.24) is 0 Å². The molecule has 2 rings (SSSR count). The largest absolute Gasteiger partial charge is 0.466 e. The van der Waals surface area contributed by atoms with E-state index in [1.54, 1.807) is 0 Å². The van der Waals surface area contributed by atoms with Crippen LogP contribution in [0.3, 0.4) is 0 Å². The first-order valence-electron chi connectivity index (χ1n) is 5.22. The number of hydrogen-bond donors (Lipinski definition) is 0. The van der Waals surface area contributed by atoms with Crippen molar-refractivity contribution in [3.05, 3.63) is 0 Å². The fraction of sp³-hybridized carbons (Fsp3) is 0.900. The number of carbonyl (C=O) groups is 1. The van der Waals surface area contributed by atoms with E-state index in [2.05, 4.69) is 0 Å². The molecule has 0 aromatic heterocycles. The highest BCUT2D eigenvalue weighted by Crippen LogP contribution is 2.33. The van der Waals surface area contributed by atoms with Gasteiger partial charge in [-0.25, -0.2) is 0 Å². The molecule has 4 nitrogen and oxygen atoms in total. The van der Waals surface area contributed by atoms with Gasteiger partial charge in [0.15, 0.2) is 0 Å². The maximum atomic E-state index is 11.5. The topological polar surface area (TPSA) is 44.8 Å². The fourth-order valence-corrected chi connectivity index (χ4v) is 2.22. The zero-order valence-electron chi connectivity index (χ0n) is 8.40. The van der Waals surface area contributed by atoms with Crippen LogP contribution in [0.2, 0.25) is 0 Å². The Labute approximate surface area is 83.5 Å². The van der Waals surface area contributed by atoms with Gasteiger partial charge < -0.3 is 14.2 Å². The standard InChI is InChI=1S/C10H16O4/c1-2-12-10(11)7-3-4-8-9(7)14-6-5-13-8/h7-9H,2-6H2,1H3. The zero-order valence-corrected chi connectivity index (χ0v) is 8.40. The van der Waals surface area contributed by atoms with E-state index in [1.165, 1.54) is 0 Å². The molecule has 14 heavy (non-hydrogen) atoms. The van der Waals surface area contributed by atoms with Crippen molar-refractivity contribution in [2.45, 2.75) is 32.0 Å². The van der Waals surface area contributed by atoms with Gasteiger partial charge in [-0.05, 0) is 19.8 Å². The van der Waals surface area contributed by atoms with E-state index in [4.69, 9.17) is 14.2 Å². The Bertz CT molecular complexity index is 216. The van der Waals surface area contributed by atoms with Gasteiger partial charge in [-0.1, -0.05) is 0 Å². The second-order valence-corrected chi connectivity index (χ2v) is 3.68. The van der Waals surface area contributed by atoms with Crippen molar-refractivity contribution >= 4 is 5.97 Å². The highest BCUT2D eigenvalue weighted by Gasteiger charge is 2.44. The smallest absolute Gasteiger partial charge is 0.311 e. The molecule has 1 saturated heterocycles. The predicted octanol–water partition coefficient (Wildman–Crippen LogP) is 0.744. The molecule has 4 heteroatoms. The van der Waals surface area contributed by atoms with Crippen LogP contribution in [0.1, 0.15) is 19.8 Å². The predicted molar refractivity (Wildman–Crippen MR) is 48.8 cm³/mol. The lowest BCUT2D eigenvalue weighted by atomic mass is 10.1. The Morgan fingerprint density at radius 2 is 2.14 bits per heavy atom. The van der Waals surface area contributed by atoms with Crippen LogP contribution >= 0.6 is 0 Å². The van der Waals surface area contributed by atoms with Crippen LogP contribution in [0.4, 0.5) is 0 Å². The van der Waals surface area contributed by atoms with Crippen LogP contribution in [-0.4, -0.2) is 38.0 Å². The normalized spacial score (nSPS) is 36.5. The minimum atomic E-state index is -0.134. The van der Waals surface area contributed by atoms with Gasteiger partial charge in [0.05, 0.1) is 37.9 Å². The Morgan fingerprint density at radius 3 is 2.93 bits per heavy atom. The molecule has 0 aromatic carbocycles. The third kappa shape index (κ3) is 1.77. The average Bonchev–Trinajstić information content (AvgIpc) is 2.61. The molecule has 0 spiro atoms. The first-order chi connectivity index (χ1) is 6.83. The third-order valence-electron chi connectivity index (χ3n) is 2.84. The molecular weight excluding hydrogens is 184 g/mol. The molecule has 1 aliphatic heterocycles. The number of ether oxygens (including phenoxy) is 3. The van der Waals surface area contributed by atoms with Gasteiger partial charge in [0, 0.05) is 0 Å². The summed E-state index contributed by atoms with van der Waals surface area (Å²) in [6, 6.07) is 0. The summed E-state index contributed by atoms with van der Waals surface area (Å²) in [4.78, 5) is 11.5. The van der Waals surface area contributed by atoms with Crippen LogP contribution < -0.4 is 0 Å². The summed E-state index contributed by atoms with van der Waals surface area (Å²) in [6.07, 6.45) is 1.78. The Balaban J connectivity index is 1.96. The van der Waals surface area contributed by atoms with Crippen LogP contribution in [0, 0.1) is 5.92 Å². The second kappa shape index (κ2) is 4.28. The van der Waals surface area contributed by atoms with Gasteiger partial charge in [0.2, 0.25) is 0 Å². The molecule has 0 aromatic rings. The van der Waals surface area contributed by atoms with Gasteiger partial charge in [-0.2, -0.15) is 0 Å². The number of fused-ring (bicyclic) bond motifs is 1. The summed E-state index contributed by atoms with van der Waals surface area (Å²) < 4.78 is 16.1. The van der Waals surface area contributed by atoms with Crippen molar-refractivity contribution in [2.75, 3.05) is 19.8 Å². The number of esters is 1. The van der Waals surface area contributed by atoms with Crippen molar-refractivity contribution in [1.29, 1.82) is 0 Å². The molecule has 80 valence electrons. The molecule has 1 heterocycles. The maximum Gasteiger partial charge on any atom is 0.311 e. The third-order valence-corrected chi connectivity index (χ3v) is 2.84. The fourth-order valence-electron chi connectivity index (χ4n) is 2.22. The molecule has 3 atom stereocenters. The lowest BCUT2D eigenvalue weighted by Crippen LogP contribution is -2.40. The first-order valence-corrected chi connectivity index (χ1v) is 5.22. The summed E-state index contributed by atoms with van der Waals surface area (Å²) in [5, 5.41) is 0. The van der Waals surface area contributed by atoms with Crippen molar-refractivity contribution in [3.63, 3.8) is 0 Å². The van der Waals surface area contributed by atoms with Gasteiger partial charge in [0.25, 0.3) is 0 Å². The second-order valence-electron chi connectivity index (χ2n) is 3.68. The van der Waals surface area contributed by atoms with E-state index in [0.29, 0.717) is 19.8 Å². The van der Waals surface area contributed by atoms with Gasteiger partial charge in [-0.15, -0.1) is 0 Å². The minimum absolute atomic E-state index is 0.0669. The molecule has 1 aliphatic carbocycles. The van der Waals surface area contributed by atoms with E-state index in [1.807, 2.05) is 6.92 Å². The first kappa shape index (κ1) is 9.93. The molecule has 0 amide bonds. The Kier molecular flexibility index (Phi) is 3.03. The van der Waals surface area contributed by atoms with Crippen LogP contribution in [0.15, 0.2) is 0 Å². The van der Waals surface area contributed by atoms with E-state index in [9.17, 15) is 4.79 Å². The molecule has 2 fully saturated rings. The highest BCUT2D eigenvalue weighted by molar-refractivity contribution is 5.73. The summed E-state index contributed by atoms with van der Waals surface area (Å²) in [5.41, 5.74) is 0. The average molecular weight is 200 g/mol. The minimum Gasteiger partial charge on any atom is -0.466 e. The van der Waals surface area contributed by atoms with E-state index in [0.717, 1.165) is 12.8 Å². The summed E-state index contributed by atoms with van der Waals surface area (Å²) in [5.74, 6) is -0.245. The number of carbonyl (C=O) groups excluding carboxylic acids is 1. The number of rotatable bonds is 2. The van der Waals surface area contributed by atoms with E-state index >= 15 is 0 Å². The molecule has 0 radical (unpaired) electrons. The summed E-state index contributed by atoms with van der Waals surface area (Å²) >= 11 is 0. The molecule has 1 saturated carbocycles. The summed E-state index contributed by atoms with van der Waals surface area (Å²) in [7, 11) is 0. The van der Waals surface area contributed by atoms with Gasteiger partial charge >= 0.3 is 5.97 Å². The van der Waals surface area contributed by atoms with E-state index in [-0.39, 0.29) is 24.1 Å². The van der Waals surface area contributed by atoms with Crippen molar-refractivity contribution < 1.29 is 19.0 Å². The number of hydrogen-bond acceptors (Lipinski definition) is 4. The SMILES string of the molecule is CCOC(=O)C1CCC2OCCOC21. The Hall–Kier alpha value is -0.610. The molecule has 3 unspecified atom stereocenters. The van der Waals surface area contributed by atoms with E-state index < -0.39 is 0 Å². The van der Waals surface area contributed by atoms with Crippen molar-refractivity contribution in [2.24, 2.45) is 5.92 Å². The van der Waals surface area contributed by atoms with Crippen LogP contribution in [-0.2, 0) is 19.0 Å². The molecule has 2 aliphatic rings. The van der Waals surface area contributed by atoms with Gasteiger partial charge in [0.1, 0.15) is 0 Å². The summed E-state index contributed by atoms with van der Waals surface area (Å²) in [6.45, 7) is 3.50.